The number of hydrogen-bond acceptors (Lipinski definition) is 2. The summed E-state index contributed by atoms with van der Waals surface area (Å²) in [6.07, 6.45) is 1.22. The Bertz CT molecular complexity index is 444. The van der Waals surface area contributed by atoms with Crippen LogP contribution in [0.2, 0.25) is 0 Å². The van der Waals surface area contributed by atoms with Gasteiger partial charge in [-0.3, -0.25) is 4.79 Å². The summed E-state index contributed by atoms with van der Waals surface area (Å²) in [5, 5.41) is 2.70. The molecule has 1 atom stereocenters. The molecule has 3 nitrogen and oxygen atoms in total. The number of rotatable bonds is 2. The van der Waals surface area contributed by atoms with Crippen LogP contribution in [0.5, 0.6) is 0 Å². The van der Waals surface area contributed by atoms with Crippen LogP contribution in [0.25, 0.3) is 0 Å². The van der Waals surface area contributed by atoms with E-state index in [0.717, 1.165) is 18.4 Å². The van der Waals surface area contributed by atoms with E-state index in [1.165, 1.54) is 6.07 Å². The Morgan fingerprint density at radius 1 is 1.59 bits per heavy atom. The third-order valence-electron chi connectivity index (χ3n) is 2.75. The van der Waals surface area contributed by atoms with Gasteiger partial charge in [0, 0.05) is 12.3 Å². The Kier molecular flexibility index (Phi) is 3.79. The number of carbonyl (C=O) groups excluding carboxylic acids is 1. The summed E-state index contributed by atoms with van der Waals surface area (Å²) in [5.74, 6) is -0.592. The molecule has 1 amide bonds. The van der Waals surface area contributed by atoms with Crippen molar-refractivity contribution in [1.82, 2.24) is 0 Å². The lowest BCUT2D eigenvalue weighted by atomic mass is 10.1. The van der Waals surface area contributed by atoms with Crippen LogP contribution in [0.4, 0.5) is 10.1 Å². The number of aryl methyl sites for hydroxylation is 1. The van der Waals surface area contributed by atoms with E-state index in [0.29, 0.717) is 16.8 Å². The minimum atomic E-state index is -0.402. The van der Waals surface area contributed by atoms with E-state index in [1.807, 2.05) is 6.92 Å². The van der Waals surface area contributed by atoms with Gasteiger partial charge >= 0.3 is 0 Å². The van der Waals surface area contributed by atoms with Crippen molar-refractivity contribution in [3.8, 4) is 0 Å². The predicted molar refractivity (Wildman–Crippen MR) is 66.4 cm³/mol. The first-order valence-corrected chi connectivity index (χ1v) is 6.25. The van der Waals surface area contributed by atoms with Gasteiger partial charge in [0.05, 0.1) is 4.47 Å². The van der Waals surface area contributed by atoms with Gasteiger partial charge in [-0.15, -0.1) is 0 Å². The summed E-state index contributed by atoms with van der Waals surface area (Å²) in [7, 11) is 0. The summed E-state index contributed by atoms with van der Waals surface area (Å²) in [6.45, 7) is 2.43. The molecule has 1 saturated heterocycles. The maximum atomic E-state index is 13.4. The Morgan fingerprint density at radius 3 is 3.00 bits per heavy atom. The fraction of sp³-hybridized carbons (Fsp3) is 0.417. The van der Waals surface area contributed by atoms with Gasteiger partial charge in [0.2, 0.25) is 0 Å². The van der Waals surface area contributed by atoms with E-state index in [-0.39, 0.29) is 5.91 Å². The highest BCUT2D eigenvalue weighted by Crippen LogP contribution is 2.24. The topological polar surface area (TPSA) is 38.3 Å². The lowest BCUT2D eigenvalue weighted by Gasteiger charge is -2.12. The molecule has 0 bridgehead atoms. The molecule has 1 N–H and O–H groups in total. The highest BCUT2D eigenvalue weighted by atomic mass is 79.9. The molecule has 0 unspecified atom stereocenters. The fourth-order valence-corrected chi connectivity index (χ4v) is 2.24. The van der Waals surface area contributed by atoms with E-state index in [1.54, 1.807) is 6.07 Å². The second kappa shape index (κ2) is 5.14. The van der Waals surface area contributed by atoms with Gasteiger partial charge in [-0.2, -0.15) is 0 Å². The molecule has 92 valence electrons. The summed E-state index contributed by atoms with van der Waals surface area (Å²) < 4.78 is 19.0. The Hall–Kier alpha value is -0.940. The smallest absolute Gasteiger partial charge is 0.253 e. The summed E-state index contributed by atoms with van der Waals surface area (Å²) >= 11 is 3.10. The molecule has 17 heavy (non-hydrogen) atoms. The molecule has 5 heteroatoms. The second-order valence-corrected chi connectivity index (χ2v) is 4.93. The molecule has 0 aromatic heterocycles. The monoisotopic (exact) mass is 301 g/mol. The molecule has 1 aromatic rings. The molecule has 1 aliphatic heterocycles. The van der Waals surface area contributed by atoms with Crippen molar-refractivity contribution < 1.29 is 13.9 Å². The number of anilines is 1. The van der Waals surface area contributed by atoms with Crippen molar-refractivity contribution in [2.75, 3.05) is 11.9 Å². The number of carbonyl (C=O) groups is 1. The van der Waals surface area contributed by atoms with Crippen molar-refractivity contribution in [1.29, 1.82) is 0 Å². The third-order valence-corrected chi connectivity index (χ3v) is 3.35. The van der Waals surface area contributed by atoms with Crippen LogP contribution >= 0.6 is 15.9 Å². The fourth-order valence-electron chi connectivity index (χ4n) is 1.78. The molecule has 0 radical (unpaired) electrons. The molecule has 1 aromatic carbocycles. The standard InChI is InChI=1S/C12H13BrFNO2/c1-7-5-8(13)9(14)6-10(7)15-12(16)11-3-2-4-17-11/h5-6,11H,2-4H2,1H3,(H,15,16)/t11-/m0/s1. The maximum Gasteiger partial charge on any atom is 0.253 e. The van der Waals surface area contributed by atoms with Gasteiger partial charge in [-0.05, 0) is 53.4 Å². The van der Waals surface area contributed by atoms with E-state index in [2.05, 4.69) is 21.2 Å². The SMILES string of the molecule is Cc1cc(Br)c(F)cc1NC(=O)[C@@H]1CCCO1. The van der Waals surface area contributed by atoms with Crippen molar-refractivity contribution in [2.24, 2.45) is 0 Å². The van der Waals surface area contributed by atoms with E-state index in [9.17, 15) is 9.18 Å². The molecule has 0 spiro atoms. The summed E-state index contributed by atoms with van der Waals surface area (Å²) in [6, 6.07) is 2.95. The maximum absolute atomic E-state index is 13.4. The minimum Gasteiger partial charge on any atom is -0.368 e. The van der Waals surface area contributed by atoms with Crippen LogP contribution in [-0.2, 0) is 9.53 Å². The lowest BCUT2D eigenvalue weighted by Crippen LogP contribution is -2.27. The predicted octanol–water partition coefficient (Wildman–Crippen LogP) is 3.01. The van der Waals surface area contributed by atoms with Crippen LogP contribution in [-0.4, -0.2) is 18.6 Å². The van der Waals surface area contributed by atoms with Gasteiger partial charge in [-0.25, -0.2) is 4.39 Å². The average Bonchev–Trinajstić information content (AvgIpc) is 2.79. The Labute approximate surface area is 107 Å². The number of halogens is 2. The Balaban J connectivity index is 2.12. The number of benzene rings is 1. The first-order valence-electron chi connectivity index (χ1n) is 5.46. The highest BCUT2D eigenvalue weighted by Gasteiger charge is 2.24. The van der Waals surface area contributed by atoms with Crippen LogP contribution in [0.1, 0.15) is 18.4 Å². The van der Waals surface area contributed by atoms with Gasteiger partial charge in [0.25, 0.3) is 5.91 Å². The lowest BCUT2D eigenvalue weighted by molar-refractivity contribution is -0.124. The van der Waals surface area contributed by atoms with E-state index < -0.39 is 11.9 Å². The minimum absolute atomic E-state index is 0.202. The van der Waals surface area contributed by atoms with Crippen LogP contribution < -0.4 is 5.32 Å². The third kappa shape index (κ3) is 2.84. The highest BCUT2D eigenvalue weighted by molar-refractivity contribution is 9.10. The normalized spacial score (nSPS) is 19.4. The molecule has 2 rings (SSSR count). The molecule has 1 aliphatic rings. The summed E-state index contributed by atoms with van der Waals surface area (Å²) in [4.78, 5) is 11.8. The zero-order chi connectivity index (χ0) is 12.4. The first kappa shape index (κ1) is 12.5. The van der Waals surface area contributed by atoms with E-state index >= 15 is 0 Å². The van der Waals surface area contributed by atoms with E-state index in [4.69, 9.17) is 4.74 Å². The number of ether oxygens (including phenoxy) is 1. The quantitative estimate of drug-likeness (QED) is 0.912. The second-order valence-electron chi connectivity index (χ2n) is 4.07. The van der Waals surface area contributed by atoms with Crippen LogP contribution in [0, 0.1) is 12.7 Å². The first-order chi connectivity index (χ1) is 8.08. The number of hydrogen-bond donors (Lipinski definition) is 1. The molecule has 0 saturated carbocycles. The zero-order valence-corrected chi connectivity index (χ0v) is 11.0. The molecular formula is C12H13BrFNO2. The van der Waals surface area contributed by atoms with Crippen molar-refractivity contribution >= 4 is 27.5 Å². The molecule has 0 aliphatic carbocycles. The summed E-state index contributed by atoms with van der Waals surface area (Å²) in [5.41, 5.74) is 1.30. The number of amides is 1. The zero-order valence-electron chi connectivity index (χ0n) is 9.43. The average molecular weight is 302 g/mol. The van der Waals surface area contributed by atoms with Crippen molar-refractivity contribution in [2.45, 2.75) is 25.9 Å². The molecule has 1 heterocycles. The molecule has 1 fully saturated rings. The largest absolute Gasteiger partial charge is 0.368 e. The van der Waals surface area contributed by atoms with Gasteiger partial charge < -0.3 is 10.1 Å². The molecular weight excluding hydrogens is 289 g/mol. The van der Waals surface area contributed by atoms with Gasteiger partial charge in [0.15, 0.2) is 0 Å². The van der Waals surface area contributed by atoms with Crippen LogP contribution in [0.15, 0.2) is 16.6 Å². The van der Waals surface area contributed by atoms with Crippen LogP contribution in [0.3, 0.4) is 0 Å². The van der Waals surface area contributed by atoms with Gasteiger partial charge in [0.1, 0.15) is 11.9 Å². The van der Waals surface area contributed by atoms with Crippen molar-refractivity contribution in [3.05, 3.63) is 28.0 Å². The Morgan fingerprint density at radius 2 is 2.35 bits per heavy atom. The number of nitrogens with one attached hydrogen (secondary N) is 1. The van der Waals surface area contributed by atoms with Gasteiger partial charge in [-0.1, -0.05) is 0 Å². The van der Waals surface area contributed by atoms with Crippen molar-refractivity contribution in [3.63, 3.8) is 0 Å².